The van der Waals surface area contributed by atoms with E-state index in [4.69, 9.17) is 0 Å². The van der Waals surface area contributed by atoms with Crippen molar-refractivity contribution in [2.24, 2.45) is 5.92 Å². The van der Waals surface area contributed by atoms with E-state index >= 15 is 0 Å². The lowest BCUT2D eigenvalue weighted by atomic mass is 10.00. The van der Waals surface area contributed by atoms with E-state index in [0.717, 1.165) is 23.1 Å². The van der Waals surface area contributed by atoms with Crippen molar-refractivity contribution >= 4 is 23.5 Å². The van der Waals surface area contributed by atoms with Crippen LogP contribution < -0.4 is 5.32 Å². The average Bonchev–Trinajstić information content (AvgIpc) is 3.26. The average molecular weight is 541 g/mol. The molecule has 0 saturated heterocycles. The first-order valence-corrected chi connectivity index (χ1v) is 14.5. The molecular weight excluding hydrogens is 500 g/mol. The smallest absolute Gasteiger partial charge is 0.326 e. The summed E-state index contributed by atoms with van der Waals surface area (Å²) < 4.78 is 0. The van der Waals surface area contributed by atoms with Crippen LogP contribution >= 0.6 is 0 Å². The molecule has 2 N–H and O–H groups in total. The fraction of sp³-hybridized carbons (Fsp3) is 0.382. The standard InChI is InChI=1S/C34H40N2O4/c1-4-5-6-7-8-9-10-24-11-13-26(14-12-24)32(37)35-29-19-17-25(18-20-29)27-15-16-28-22-36(33(38)30(28)21-27)31(23(2)3)34(39)40/h11-21,23,31H,4-10,22H2,1-3H3,(H,35,37)(H,39,40)/t31-/m0/s1. The number of hydrogen-bond acceptors (Lipinski definition) is 3. The second kappa shape index (κ2) is 13.4. The van der Waals surface area contributed by atoms with Crippen LogP contribution in [0.2, 0.25) is 0 Å². The number of fused-ring (bicyclic) bond motifs is 1. The molecule has 1 aliphatic heterocycles. The topological polar surface area (TPSA) is 86.7 Å². The Bertz CT molecular complexity index is 1330. The number of nitrogens with zero attached hydrogens (tertiary/aromatic N) is 1. The first-order chi connectivity index (χ1) is 19.3. The van der Waals surface area contributed by atoms with Crippen LogP contribution in [0.4, 0.5) is 5.69 Å². The third-order valence-corrected chi connectivity index (χ3v) is 7.67. The number of hydrogen-bond donors (Lipinski definition) is 2. The summed E-state index contributed by atoms with van der Waals surface area (Å²) in [7, 11) is 0. The summed E-state index contributed by atoms with van der Waals surface area (Å²) in [6, 6.07) is 20.2. The number of unbranched alkanes of at least 4 members (excludes halogenated alkanes) is 5. The number of aliphatic carboxylic acids is 1. The quantitative estimate of drug-likeness (QED) is 0.219. The molecule has 1 aliphatic rings. The van der Waals surface area contributed by atoms with E-state index in [1.807, 2.05) is 80.6 Å². The highest BCUT2D eigenvalue weighted by atomic mass is 16.4. The van der Waals surface area contributed by atoms with Crippen molar-refractivity contribution in [3.05, 3.63) is 89.0 Å². The largest absolute Gasteiger partial charge is 0.480 e. The molecule has 6 heteroatoms. The molecule has 0 fully saturated rings. The van der Waals surface area contributed by atoms with Crippen molar-refractivity contribution in [3.63, 3.8) is 0 Å². The predicted octanol–water partition coefficient (Wildman–Crippen LogP) is 7.57. The van der Waals surface area contributed by atoms with E-state index in [-0.39, 0.29) is 17.7 Å². The lowest BCUT2D eigenvalue weighted by Gasteiger charge is -2.27. The molecule has 210 valence electrons. The van der Waals surface area contributed by atoms with Gasteiger partial charge in [0.2, 0.25) is 0 Å². The number of rotatable bonds is 13. The zero-order chi connectivity index (χ0) is 28.6. The van der Waals surface area contributed by atoms with Crippen molar-refractivity contribution in [2.45, 2.75) is 78.3 Å². The lowest BCUT2D eigenvalue weighted by Crippen LogP contribution is -2.44. The minimum atomic E-state index is -0.988. The maximum atomic E-state index is 13.1. The van der Waals surface area contributed by atoms with Crippen LogP contribution in [-0.2, 0) is 17.8 Å². The molecule has 0 saturated carbocycles. The molecule has 0 radical (unpaired) electrons. The van der Waals surface area contributed by atoms with Gasteiger partial charge in [-0.25, -0.2) is 4.79 Å². The number of nitrogens with one attached hydrogen (secondary N) is 1. The van der Waals surface area contributed by atoms with Crippen LogP contribution in [0, 0.1) is 5.92 Å². The van der Waals surface area contributed by atoms with Gasteiger partial charge in [-0.15, -0.1) is 0 Å². The van der Waals surface area contributed by atoms with Crippen LogP contribution in [0.15, 0.2) is 66.7 Å². The second-order valence-electron chi connectivity index (χ2n) is 11.1. The van der Waals surface area contributed by atoms with E-state index in [9.17, 15) is 19.5 Å². The third-order valence-electron chi connectivity index (χ3n) is 7.67. The first-order valence-electron chi connectivity index (χ1n) is 14.5. The predicted molar refractivity (Wildman–Crippen MR) is 159 cm³/mol. The van der Waals surface area contributed by atoms with Gasteiger partial charge in [-0.2, -0.15) is 0 Å². The number of anilines is 1. The minimum Gasteiger partial charge on any atom is -0.480 e. The summed E-state index contributed by atoms with van der Waals surface area (Å²) in [6.07, 6.45) is 8.66. The summed E-state index contributed by atoms with van der Waals surface area (Å²) in [5.41, 5.74) is 5.72. The summed E-state index contributed by atoms with van der Waals surface area (Å²) in [4.78, 5) is 39.1. The molecule has 0 aromatic heterocycles. The Balaban J connectivity index is 1.35. The number of aryl methyl sites for hydroxylation is 1. The Kier molecular flexibility index (Phi) is 9.75. The van der Waals surface area contributed by atoms with Gasteiger partial charge >= 0.3 is 5.97 Å². The number of carboxylic acids is 1. The van der Waals surface area contributed by atoms with Gasteiger partial charge in [-0.1, -0.05) is 89.3 Å². The van der Waals surface area contributed by atoms with Gasteiger partial charge in [0.1, 0.15) is 6.04 Å². The number of benzene rings is 3. The second-order valence-corrected chi connectivity index (χ2v) is 11.1. The van der Waals surface area contributed by atoms with E-state index in [0.29, 0.717) is 23.4 Å². The van der Waals surface area contributed by atoms with Crippen molar-refractivity contribution in [1.82, 2.24) is 4.90 Å². The first kappa shape index (κ1) is 29.1. The zero-order valence-electron chi connectivity index (χ0n) is 23.8. The van der Waals surface area contributed by atoms with Crippen LogP contribution in [0.25, 0.3) is 11.1 Å². The Morgan fingerprint density at radius 2 is 1.52 bits per heavy atom. The molecule has 0 bridgehead atoms. The molecule has 6 nitrogen and oxygen atoms in total. The lowest BCUT2D eigenvalue weighted by molar-refractivity contribution is -0.144. The molecular formula is C34H40N2O4. The SMILES string of the molecule is CCCCCCCCc1ccc(C(=O)Nc2ccc(-c3ccc4c(c3)C(=O)N([C@H](C(=O)O)C(C)C)C4)cc2)cc1. The maximum Gasteiger partial charge on any atom is 0.326 e. The van der Waals surface area contributed by atoms with Gasteiger partial charge in [0.25, 0.3) is 11.8 Å². The van der Waals surface area contributed by atoms with Crippen molar-refractivity contribution in [2.75, 3.05) is 5.32 Å². The van der Waals surface area contributed by atoms with E-state index < -0.39 is 12.0 Å². The molecule has 0 aliphatic carbocycles. The number of carboxylic acid groups (broad SMARTS) is 1. The molecule has 4 rings (SSSR count). The Hall–Kier alpha value is -3.93. The van der Waals surface area contributed by atoms with E-state index in [1.54, 1.807) is 0 Å². The van der Waals surface area contributed by atoms with Crippen molar-refractivity contribution in [1.29, 1.82) is 0 Å². The highest BCUT2D eigenvalue weighted by Gasteiger charge is 2.38. The van der Waals surface area contributed by atoms with Crippen LogP contribution in [-0.4, -0.2) is 33.8 Å². The Morgan fingerprint density at radius 3 is 2.17 bits per heavy atom. The van der Waals surface area contributed by atoms with E-state index in [1.165, 1.54) is 49.0 Å². The summed E-state index contributed by atoms with van der Waals surface area (Å²) in [6.45, 7) is 6.16. The Morgan fingerprint density at radius 1 is 0.875 bits per heavy atom. The highest BCUT2D eigenvalue weighted by molar-refractivity contribution is 6.04. The monoisotopic (exact) mass is 540 g/mol. The van der Waals surface area contributed by atoms with Gasteiger partial charge in [0.15, 0.2) is 0 Å². The van der Waals surface area contributed by atoms with E-state index in [2.05, 4.69) is 12.2 Å². The van der Waals surface area contributed by atoms with Crippen LogP contribution in [0.5, 0.6) is 0 Å². The van der Waals surface area contributed by atoms with Crippen molar-refractivity contribution < 1.29 is 19.5 Å². The molecule has 0 spiro atoms. The fourth-order valence-corrected chi connectivity index (χ4v) is 5.39. The molecule has 1 atom stereocenters. The third kappa shape index (κ3) is 6.98. The summed E-state index contributed by atoms with van der Waals surface area (Å²) >= 11 is 0. The van der Waals surface area contributed by atoms with Crippen LogP contribution in [0.3, 0.4) is 0 Å². The number of carbonyl (C=O) groups is 3. The number of amides is 2. The molecule has 40 heavy (non-hydrogen) atoms. The Labute approximate surface area is 237 Å². The molecule has 3 aromatic rings. The van der Waals surface area contributed by atoms with Crippen molar-refractivity contribution in [3.8, 4) is 11.1 Å². The van der Waals surface area contributed by atoms with Gasteiger partial charge in [-0.05, 0) is 71.3 Å². The fourth-order valence-electron chi connectivity index (χ4n) is 5.39. The van der Waals surface area contributed by atoms with Gasteiger partial charge in [-0.3, -0.25) is 9.59 Å². The molecule has 2 amide bonds. The molecule has 1 heterocycles. The number of carbonyl (C=O) groups excluding carboxylic acids is 2. The summed E-state index contributed by atoms with van der Waals surface area (Å²) in [5.74, 6) is -1.58. The van der Waals surface area contributed by atoms with Crippen LogP contribution in [0.1, 0.15) is 91.1 Å². The molecule has 0 unspecified atom stereocenters. The highest BCUT2D eigenvalue weighted by Crippen LogP contribution is 2.31. The van der Waals surface area contributed by atoms with Gasteiger partial charge in [0, 0.05) is 23.4 Å². The maximum absolute atomic E-state index is 13.1. The normalized spacial score (nSPS) is 13.4. The molecule has 3 aromatic carbocycles. The van der Waals surface area contributed by atoms with Gasteiger partial charge in [0.05, 0.1) is 0 Å². The van der Waals surface area contributed by atoms with Gasteiger partial charge < -0.3 is 15.3 Å². The minimum absolute atomic E-state index is 0.153. The zero-order valence-corrected chi connectivity index (χ0v) is 23.8. The summed E-state index contributed by atoms with van der Waals surface area (Å²) in [5, 5.41) is 12.6.